The van der Waals surface area contributed by atoms with Gasteiger partial charge in [0.1, 0.15) is 11.5 Å². The minimum absolute atomic E-state index is 0.0248. The molecule has 2 aliphatic heterocycles. The van der Waals surface area contributed by atoms with Crippen molar-refractivity contribution in [1.29, 1.82) is 0 Å². The Labute approximate surface area is 490 Å². The van der Waals surface area contributed by atoms with Gasteiger partial charge in [-0.1, -0.05) is 234 Å². The minimum atomic E-state index is -0.942. The first-order valence-corrected chi connectivity index (χ1v) is 34.9. The van der Waals surface area contributed by atoms with Crippen molar-refractivity contribution in [1.82, 2.24) is 0 Å². The Balaban J connectivity index is 1.26. The molecular weight excluding hydrogens is 1020 g/mol. The summed E-state index contributed by atoms with van der Waals surface area (Å²) in [7, 11) is -1.88. The molecule has 0 saturated carbocycles. The number of benzene rings is 9. The van der Waals surface area contributed by atoms with Crippen LogP contribution in [0.25, 0.3) is 55.6 Å². The first kappa shape index (κ1) is 56.4. The number of hydrogen-bond acceptors (Lipinski definition) is 1. The van der Waals surface area contributed by atoms with E-state index in [0.717, 1.165) is 17.1 Å². The molecule has 9 aromatic rings. The van der Waals surface area contributed by atoms with Crippen LogP contribution in [-0.2, 0) is 21.7 Å². The number of fused-ring (bicyclic) bond motifs is 4. The van der Waals surface area contributed by atoms with Gasteiger partial charge in [-0.25, -0.2) is 20.1 Å². The van der Waals surface area contributed by atoms with E-state index in [1.54, 1.807) is 0 Å². The molecule has 0 N–H and O–H groups in total. The zero-order chi connectivity index (χ0) is 57.9. The van der Waals surface area contributed by atoms with Crippen LogP contribution in [0.1, 0.15) is 128 Å². The smallest absolute Gasteiger partial charge is 0.251 e. The van der Waals surface area contributed by atoms with E-state index >= 15 is 0 Å². The Morgan fingerprint density at radius 3 is 1.20 bits per heavy atom. The summed E-state index contributed by atoms with van der Waals surface area (Å²) >= 11 is 0. The van der Waals surface area contributed by atoms with Gasteiger partial charge in [-0.3, -0.25) is 0 Å². The zero-order valence-electron chi connectivity index (χ0n) is 51.7. The van der Waals surface area contributed by atoms with Crippen molar-refractivity contribution in [3.63, 3.8) is 0 Å². The molecule has 0 bridgehead atoms. The Kier molecular flexibility index (Phi) is 14.0. The van der Waals surface area contributed by atoms with E-state index in [4.69, 9.17) is 4.74 Å². The summed E-state index contributed by atoms with van der Waals surface area (Å²) in [6, 6.07) is 71.3. The van der Waals surface area contributed by atoms with E-state index in [0.29, 0.717) is 0 Å². The molecule has 11 rings (SSSR count). The third kappa shape index (κ3) is 10.9. The monoisotopic (exact) mass is 1100 g/mol. The molecule has 81 heavy (non-hydrogen) atoms. The van der Waals surface area contributed by atoms with Gasteiger partial charge in [-0.2, -0.15) is 0 Å². The van der Waals surface area contributed by atoms with E-state index in [1.165, 1.54) is 115 Å². The maximum absolute atomic E-state index is 7.48. The van der Waals surface area contributed by atoms with Gasteiger partial charge in [0.05, 0.1) is 0 Å². The maximum Gasteiger partial charge on any atom is 0.251 e. The molecule has 0 fully saturated rings. The van der Waals surface area contributed by atoms with Gasteiger partial charge < -0.3 is 4.74 Å². The first-order chi connectivity index (χ1) is 37.9. The van der Waals surface area contributed by atoms with Crippen LogP contribution in [0.5, 0.6) is 11.5 Å². The predicted molar refractivity (Wildman–Crippen MR) is 361 cm³/mol. The summed E-state index contributed by atoms with van der Waals surface area (Å²) in [4.78, 5) is 2.82. The van der Waals surface area contributed by atoms with Crippen LogP contribution < -0.4 is 21.1 Å². The summed E-state index contributed by atoms with van der Waals surface area (Å²) in [6.07, 6.45) is 14.3. The summed E-state index contributed by atoms with van der Waals surface area (Å²) in [5.74, 6) is 1.69. The first-order valence-electron chi connectivity index (χ1n) is 29.1. The van der Waals surface area contributed by atoms with E-state index in [1.807, 2.05) is 0 Å². The summed E-state index contributed by atoms with van der Waals surface area (Å²) < 4.78 is 7.48. The lowest BCUT2D eigenvalue weighted by Crippen LogP contribution is -2.60. The van der Waals surface area contributed by atoms with Crippen LogP contribution in [0.3, 0.4) is 0 Å². The Morgan fingerprint density at radius 2 is 0.753 bits per heavy atom. The summed E-state index contributed by atoms with van der Waals surface area (Å²) in [5.41, 5.74) is 25.3. The van der Waals surface area contributed by atoms with Crippen LogP contribution in [0.15, 0.2) is 192 Å². The molecule has 1 atom stereocenters. The van der Waals surface area contributed by atoms with Gasteiger partial charge in [0.2, 0.25) is 0 Å². The minimum Gasteiger partial charge on any atom is -0.458 e. The summed E-state index contributed by atoms with van der Waals surface area (Å²) in [5, 5.41) is 0. The molecule has 0 aromatic heterocycles. The second kappa shape index (κ2) is 20.2. The van der Waals surface area contributed by atoms with Crippen LogP contribution in [0.2, 0.25) is 0 Å². The number of hydrogen-bond donors (Lipinski definition) is 0. The normalized spacial score (nSPS) is 14.9. The molecule has 2 heterocycles. The molecule has 2 aliphatic rings. The molecule has 9 aromatic carbocycles. The van der Waals surface area contributed by atoms with Crippen molar-refractivity contribution < 1.29 is 4.74 Å². The van der Waals surface area contributed by atoms with Crippen molar-refractivity contribution in [3.05, 3.63) is 221 Å². The standard InChI is InChI=1S/C77H85BOS2/c1-74(2,3)57-39-54(40-58(47-57)75(4,5)6)52-31-37-65-67(44-52)78-68-45-53(55-41-59(76(7,8)9)48-60(42-55)77(10,11)12)32-38-69(68)79-70-46-56(49-23-20-19-21-24-49)43-66(73(70)78)72(65)71-63(50-27-33-61(34-28-50)80(13,14)15)25-22-26-64(71)51-29-35-62(36-30-51)81(16,17)18/h19-48,72H,1-18H3. The fourth-order valence-electron chi connectivity index (χ4n) is 12.3. The molecule has 0 spiro atoms. The fraction of sp³-hybridized carbons (Fsp3) is 0.299. The SMILES string of the molecule is CC(C)(C)c1cc(-c2ccc3c(c2)B2c4cc(-c5cc(C(C)(C)C)cc(C(C)(C)C)c5)ccc4C(c4c(-c5ccc(S(C)(C)C)cc5)cccc4-c4ccc(S(C)(C)C)cc4)c4cc(-c5ccccc5)cc(c42)O3)cc(C(C)(C)C)c1. The topological polar surface area (TPSA) is 9.23 Å². The van der Waals surface area contributed by atoms with Crippen molar-refractivity contribution >= 4 is 43.2 Å². The highest BCUT2D eigenvalue weighted by Crippen LogP contribution is 2.51. The van der Waals surface area contributed by atoms with Crippen molar-refractivity contribution in [2.75, 3.05) is 37.5 Å². The third-order valence-electron chi connectivity index (χ3n) is 17.3. The highest BCUT2D eigenvalue weighted by Gasteiger charge is 2.44. The van der Waals surface area contributed by atoms with Crippen LogP contribution in [0, 0.1) is 0 Å². The van der Waals surface area contributed by atoms with Crippen LogP contribution in [-0.4, -0.2) is 44.2 Å². The van der Waals surface area contributed by atoms with Crippen molar-refractivity contribution in [2.24, 2.45) is 0 Å². The van der Waals surface area contributed by atoms with E-state index in [2.05, 4.69) is 303 Å². The maximum atomic E-state index is 7.48. The average molecular weight is 1100 g/mol. The molecule has 0 saturated heterocycles. The van der Waals surface area contributed by atoms with Crippen molar-refractivity contribution in [2.45, 2.75) is 120 Å². The van der Waals surface area contributed by atoms with E-state index in [9.17, 15) is 0 Å². The summed E-state index contributed by atoms with van der Waals surface area (Å²) in [6.45, 7) is 28.0. The molecule has 1 unspecified atom stereocenters. The Hall–Kier alpha value is -6.46. The highest BCUT2D eigenvalue weighted by atomic mass is 32.3. The predicted octanol–water partition coefficient (Wildman–Crippen LogP) is 19.4. The average Bonchev–Trinajstić information content (AvgIpc) is 2.81. The molecule has 4 heteroatoms. The van der Waals surface area contributed by atoms with E-state index in [-0.39, 0.29) is 34.3 Å². The second-order valence-corrected chi connectivity index (χ2v) is 37.3. The fourth-order valence-corrected chi connectivity index (χ4v) is 14.2. The van der Waals surface area contributed by atoms with Gasteiger partial charge in [-0.15, -0.1) is 0 Å². The quantitative estimate of drug-likeness (QED) is 0.138. The molecule has 414 valence electrons. The molecule has 0 radical (unpaired) electrons. The lowest BCUT2D eigenvalue weighted by atomic mass is 9.31. The van der Waals surface area contributed by atoms with E-state index < -0.39 is 20.1 Å². The van der Waals surface area contributed by atoms with Crippen LogP contribution >= 0.6 is 20.1 Å². The van der Waals surface area contributed by atoms with Gasteiger partial charge in [-0.05, 0) is 211 Å². The molecule has 0 amide bonds. The highest BCUT2D eigenvalue weighted by molar-refractivity contribution is 8.32. The molecule has 0 aliphatic carbocycles. The van der Waals surface area contributed by atoms with Gasteiger partial charge in [0, 0.05) is 5.92 Å². The Bertz CT molecular complexity index is 3740. The van der Waals surface area contributed by atoms with Gasteiger partial charge in [0.25, 0.3) is 6.71 Å². The number of rotatable bonds is 8. The Morgan fingerprint density at radius 1 is 0.333 bits per heavy atom. The van der Waals surface area contributed by atoms with Gasteiger partial charge >= 0.3 is 0 Å². The van der Waals surface area contributed by atoms with Crippen LogP contribution in [0.4, 0.5) is 0 Å². The third-order valence-corrected chi connectivity index (χ3v) is 20.6. The van der Waals surface area contributed by atoms with Crippen molar-refractivity contribution in [3.8, 4) is 67.1 Å². The lowest BCUT2D eigenvalue weighted by molar-refractivity contribution is 0.487. The molecule has 1 nitrogen and oxygen atoms in total. The zero-order valence-corrected chi connectivity index (χ0v) is 53.3. The largest absolute Gasteiger partial charge is 0.458 e. The second-order valence-electron chi connectivity index (χ2n) is 29.0. The number of ether oxygens (including phenoxy) is 1. The lowest BCUT2D eigenvalue weighted by Gasteiger charge is -2.40. The molecular formula is C77H85BOS2. The van der Waals surface area contributed by atoms with Gasteiger partial charge in [0.15, 0.2) is 0 Å².